The Bertz CT molecular complexity index is 1700. The van der Waals surface area contributed by atoms with E-state index in [1.807, 2.05) is 54.0 Å². The standard InChI is InChI=1S/C29H26N6OS/c1-3-17(2)12-26(36)25-13-19-4-5-20(14-24(19)33-25)28-34-23-10-11-37-27(23)29(35-28)32-22-8-6-18(7-9-22)21-15-30-31-16-21/h4-11,13-17,33H,3,12H2,1-2H3,(H,30,31)(H,32,34,35). The van der Waals surface area contributed by atoms with Crippen LogP contribution in [-0.4, -0.2) is 30.9 Å². The lowest BCUT2D eigenvalue weighted by Crippen LogP contribution is -2.05. The molecule has 0 saturated heterocycles. The summed E-state index contributed by atoms with van der Waals surface area (Å²) in [5, 5.41) is 13.4. The van der Waals surface area contributed by atoms with E-state index < -0.39 is 0 Å². The van der Waals surface area contributed by atoms with Gasteiger partial charge in [-0.3, -0.25) is 9.89 Å². The lowest BCUT2D eigenvalue weighted by atomic mass is 10.0. The van der Waals surface area contributed by atoms with E-state index >= 15 is 0 Å². The van der Waals surface area contributed by atoms with Gasteiger partial charge in [-0.2, -0.15) is 5.10 Å². The smallest absolute Gasteiger partial charge is 0.179 e. The summed E-state index contributed by atoms with van der Waals surface area (Å²) in [5.74, 6) is 1.91. The second-order valence-electron chi connectivity index (χ2n) is 9.35. The van der Waals surface area contributed by atoms with Gasteiger partial charge in [-0.1, -0.05) is 44.5 Å². The number of carbonyl (C=O) groups excluding carboxylic acids is 1. The number of aromatic amines is 2. The second-order valence-corrected chi connectivity index (χ2v) is 10.3. The third kappa shape index (κ3) is 4.63. The first kappa shape index (κ1) is 23.1. The molecule has 0 aliphatic carbocycles. The number of carbonyl (C=O) groups is 1. The molecule has 184 valence electrons. The lowest BCUT2D eigenvalue weighted by molar-refractivity contribution is 0.0959. The van der Waals surface area contributed by atoms with Crippen LogP contribution in [0.15, 0.2) is 72.4 Å². The third-order valence-electron chi connectivity index (χ3n) is 6.69. The predicted octanol–water partition coefficient (Wildman–Crippen LogP) is 7.59. The minimum absolute atomic E-state index is 0.147. The highest BCUT2D eigenvalue weighted by molar-refractivity contribution is 7.17. The van der Waals surface area contributed by atoms with Crippen LogP contribution in [0, 0.1) is 5.92 Å². The van der Waals surface area contributed by atoms with E-state index in [-0.39, 0.29) is 5.78 Å². The Hall–Kier alpha value is -4.30. The van der Waals surface area contributed by atoms with Crippen molar-refractivity contribution in [2.24, 2.45) is 5.92 Å². The van der Waals surface area contributed by atoms with Crippen molar-refractivity contribution in [1.82, 2.24) is 25.1 Å². The van der Waals surface area contributed by atoms with Gasteiger partial charge < -0.3 is 10.3 Å². The average Bonchev–Trinajstić information content (AvgIpc) is 3.69. The minimum Gasteiger partial charge on any atom is -0.352 e. The van der Waals surface area contributed by atoms with Gasteiger partial charge in [0.25, 0.3) is 0 Å². The Morgan fingerprint density at radius 2 is 1.86 bits per heavy atom. The Morgan fingerprint density at radius 1 is 1.03 bits per heavy atom. The number of hydrogen-bond acceptors (Lipinski definition) is 6. The normalized spacial score (nSPS) is 12.3. The molecule has 6 rings (SSSR count). The van der Waals surface area contributed by atoms with Crippen molar-refractivity contribution in [3.05, 3.63) is 78.1 Å². The molecule has 2 aromatic carbocycles. The molecule has 0 fully saturated rings. The molecule has 1 unspecified atom stereocenters. The van der Waals surface area contributed by atoms with E-state index in [0.29, 0.717) is 23.9 Å². The number of nitrogens with zero attached hydrogens (tertiary/aromatic N) is 3. The van der Waals surface area contributed by atoms with Gasteiger partial charge >= 0.3 is 0 Å². The number of Topliss-reactive ketones (excluding diaryl/α,β-unsaturated/α-hetero) is 1. The van der Waals surface area contributed by atoms with Gasteiger partial charge in [0.1, 0.15) is 0 Å². The topological polar surface area (TPSA) is 99.3 Å². The average molecular weight is 507 g/mol. The number of fused-ring (bicyclic) bond motifs is 2. The Labute approximate surface area is 218 Å². The van der Waals surface area contributed by atoms with Crippen LogP contribution in [0.25, 0.3) is 43.6 Å². The van der Waals surface area contributed by atoms with E-state index in [1.54, 1.807) is 17.5 Å². The molecule has 0 spiro atoms. The minimum atomic E-state index is 0.147. The summed E-state index contributed by atoms with van der Waals surface area (Å²) in [5.41, 5.74) is 6.42. The third-order valence-corrected chi connectivity index (χ3v) is 7.60. The summed E-state index contributed by atoms with van der Waals surface area (Å²) in [6.45, 7) is 4.22. The highest BCUT2D eigenvalue weighted by atomic mass is 32.1. The quantitative estimate of drug-likeness (QED) is 0.185. The fraction of sp³-hybridized carbons (Fsp3) is 0.172. The lowest BCUT2D eigenvalue weighted by Gasteiger charge is -2.10. The van der Waals surface area contributed by atoms with Crippen LogP contribution < -0.4 is 5.32 Å². The van der Waals surface area contributed by atoms with Crippen molar-refractivity contribution in [2.45, 2.75) is 26.7 Å². The molecule has 0 bridgehead atoms. The maximum absolute atomic E-state index is 12.7. The number of anilines is 2. The molecule has 0 amide bonds. The summed E-state index contributed by atoms with van der Waals surface area (Å²) in [6.07, 6.45) is 5.22. The molecule has 0 aliphatic rings. The summed E-state index contributed by atoms with van der Waals surface area (Å²) in [4.78, 5) is 25.7. The maximum atomic E-state index is 12.7. The van der Waals surface area contributed by atoms with Crippen LogP contribution in [0.2, 0.25) is 0 Å². The number of rotatable bonds is 8. The first-order valence-corrected chi connectivity index (χ1v) is 13.2. The molecule has 4 aromatic heterocycles. The molecule has 0 saturated carbocycles. The van der Waals surface area contributed by atoms with E-state index in [0.717, 1.165) is 55.7 Å². The predicted molar refractivity (Wildman–Crippen MR) is 150 cm³/mol. The SMILES string of the molecule is CCC(C)CC(=O)c1cc2ccc(-c3nc(Nc4ccc(-c5cn[nH]c5)cc4)c4sccc4n3)cc2[nH]1. The molecule has 7 nitrogen and oxygen atoms in total. The molecule has 3 N–H and O–H groups in total. The van der Waals surface area contributed by atoms with Gasteiger partial charge in [-0.05, 0) is 47.2 Å². The van der Waals surface area contributed by atoms with Crippen molar-refractivity contribution in [2.75, 3.05) is 5.32 Å². The van der Waals surface area contributed by atoms with E-state index in [2.05, 4.69) is 46.5 Å². The fourth-order valence-electron chi connectivity index (χ4n) is 4.36. The first-order chi connectivity index (χ1) is 18.1. The summed E-state index contributed by atoms with van der Waals surface area (Å²) in [6, 6.07) is 18.2. The molecule has 6 aromatic rings. The van der Waals surface area contributed by atoms with E-state index in [1.165, 1.54) is 0 Å². The number of thiophene rings is 1. The monoisotopic (exact) mass is 506 g/mol. The zero-order valence-corrected chi connectivity index (χ0v) is 21.4. The van der Waals surface area contributed by atoms with Crippen LogP contribution in [0.4, 0.5) is 11.5 Å². The van der Waals surface area contributed by atoms with Crippen molar-refractivity contribution in [3.63, 3.8) is 0 Å². The number of ketones is 1. The van der Waals surface area contributed by atoms with Gasteiger partial charge in [0.05, 0.1) is 22.1 Å². The molecule has 37 heavy (non-hydrogen) atoms. The van der Waals surface area contributed by atoms with Crippen molar-refractivity contribution >= 4 is 49.7 Å². The molecular formula is C29H26N6OS. The Morgan fingerprint density at radius 3 is 2.65 bits per heavy atom. The van der Waals surface area contributed by atoms with Gasteiger partial charge in [-0.15, -0.1) is 11.3 Å². The molecule has 1 atom stereocenters. The molecule has 0 aliphatic heterocycles. The van der Waals surface area contributed by atoms with Crippen LogP contribution in [-0.2, 0) is 0 Å². The van der Waals surface area contributed by atoms with Crippen molar-refractivity contribution in [1.29, 1.82) is 0 Å². The van der Waals surface area contributed by atoms with Crippen LogP contribution in [0.1, 0.15) is 37.2 Å². The number of aromatic nitrogens is 5. The highest BCUT2D eigenvalue weighted by Crippen LogP contribution is 2.32. The summed E-state index contributed by atoms with van der Waals surface area (Å²) in [7, 11) is 0. The van der Waals surface area contributed by atoms with Gasteiger partial charge in [0.2, 0.25) is 0 Å². The Kier molecular flexibility index (Phi) is 6.02. The zero-order chi connectivity index (χ0) is 25.4. The molecule has 8 heteroatoms. The van der Waals surface area contributed by atoms with Gasteiger partial charge in [0.15, 0.2) is 17.4 Å². The molecular weight excluding hydrogens is 480 g/mol. The molecule has 0 radical (unpaired) electrons. The second kappa shape index (κ2) is 9.63. The van der Waals surface area contributed by atoms with Crippen LogP contribution in [0.5, 0.6) is 0 Å². The van der Waals surface area contributed by atoms with Gasteiger partial charge in [0, 0.05) is 40.3 Å². The van der Waals surface area contributed by atoms with Crippen molar-refractivity contribution in [3.8, 4) is 22.5 Å². The van der Waals surface area contributed by atoms with Crippen LogP contribution >= 0.6 is 11.3 Å². The number of benzene rings is 2. The summed E-state index contributed by atoms with van der Waals surface area (Å²) >= 11 is 1.61. The van der Waals surface area contributed by atoms with E-state index in [9.17, 15) is 4.79 Å². The maximum Gasteiger partial charge on any atom is 0.179 e. The number of H-pyrrole nitrogens is 2. The van der Waals surface area contributed by atoms with Crippen molar-refractivity contribution < 1.29 is 4.79 Å². The summed E-state index contributed by atoms with van der Waals surface area (Å²) < 4.78 is 1.00. The zero-order valence-electron chi connectivity index (χ0n) is 20.6. The van der Waals surface area contributed by atoms with E-state index in [4.69, 9.17) is 9.97 Å². The Balaban J connectivity index is 1.32. The fourth-order valence-corrected chi connectivity index (χ4v) is 5.13. The number of hydrogen-bond donors (Lipinski definition) is 3. The largest absolute Gasteiger partial charge is 0.352 e. The number of nitrogens with one attached hydrogen (secondary N) is 3. The first-order valence-electron chi connectivity index (χ1n) is 12.3. The van der Waals surface area contributed by atoms with Crippen LogP contribution in [0.3, 0.4) is 0 Å². The van der Waals surface area contributed by atoms with Gasteiger partial charge in [-0.25, -0.2) is 9.97 Å². The highest BCUT2D eigenvalue weighted by Gasteiger charge is 2.15. The molecule has 4 heterocycles.